The van der Waals surface area contributed by atoms with E-state index in [0.717, 1.165) is 78.4 Å². The lowest BCUT2D eigenvalue weighted by Crippen LogP contribution is -2.36. The Kier molecular flexibility index (Phi) is 6.39. The molecule has 2 heterocycles. The molecule has 2 N–H and O–H groups in total. The van der Waals surface area contributed by atoms with Gasteiger partial charge in [0, 0.05) is 18.3 Å². The first-order valence-electron chi connectivity index (χ1n) is 11.1. The van der Waals surface area contributed by atoms with Gasteiger partial charge in [0.1, 0.15) is 17.2 Å². The summed E-state index contributed by atoms with van der Waals surface area (Å²) in [5.41, 5.74) is 3.80. The van der Waals surface area contributed by atoms with Crippen LogP contribution in [0.15, 0.2) is 34.9 Å². The van der Waals surface area contributed by atoms with Crippen LogP contribution in [0.25, 0.3) is 11.3 Å². The van der Waals surface area contributed by atoms with Crippen LogP contribution in [0.1, 0.15) is 56.0 Å². The van der Waals surface area contributed by atoms with E-state index in [1.165, 1.54) is 0 Å². The first kappa shape index (κ1) is 21.8. The van der Waals surface area contributed by atoms with Crippen LogP contribution in [-0.2, 0) is 15.1 Å². The Balaban J connectivity index is 1.60. The highest BCUT2D eigenvalue weighted by atomic mass is 16.5. The molecule has 8 heteroatoms. The number of carbonyl (C=O) groups excluding carboxylic acids is 1. The molecule has 0 aliphatic heterocycles. The lowest BCUT2D eigenvalue weighted by Gasteiger charge is -2.40. The molecule has 1 aliphatic rings. The summed E-state index contributed by atoms with van der Waals surface area (Å²) in [6.07, 6.45) is 4.92. The van der Waals surface area contributed by atoms with E-state index in [-0.39, 0.29) is 0 Å². The van der Waals surface area contributed by atoms with Gasteiger partial charge in [-0.3, -0.25) is 4.79 Å². The Bertz CT molecular complexity index is 1050. The van der Waals surface area contributed by atoms with Crippen molar-refractivity contribution in [3.63, 3.8) is 0 Å². The van der Waals surface area contributed by atoms with Crippen LogP contribution in [0, 0.1) is 13.8 Å². The highest BCUT2D eigenvalue weighted by Gasteiger charge is 2.40. The summed E-state index contributed by atoms with van der Waals surface area (Å²) in [5, 5.41) is 10.7. The second-order valence-corrected chi connectivity index (χ2v) is 8.21. The summed E-state index contributed by atoms with van der Waals surface area (Å²) >= 11 is 0. The number of hydrogen-bond donors (Lipinski definition) is 2. The van der Waals surface area contributed by atoms with Crippen LogP contribution in [0.2, 0.25) is 0 Å². The third-order valence-electron chi connectivity index (χ3n) is 5.95. The maximum absolute atomic E-state index is 10.9. The molecule has 1 aromatic carbocycles. The Morgan fingerprint density at radius 3 is 2.56 bits per heavy atom. The van der Waals surface area contributed by atoms with Gasteiger partial charge in [-0.05, 0) is 57.2 Å². The number of carbonyl (C=O) groups is 1. The molecule has 0 saturated heterocycles. The number of rotatable bonds is 10. The number of aryl methyl sites for hydroxylation is 2. The van der Waals surface area contributed by atoms with E-state index >= 15 is 0 Å². The van der Waals surface area contributed by atoms with Gasteiger partial charge in [-0.15, -0.1) is 0 Å². The average Bonchev–Trinajstić information content (AvgIpc) is 3.09. The second-order valence-electron chi connectivity index (χ2n) is 8.21. The normalized spacial score (nSPS) is 14.5. The first-order valence-corrected chi connectivity index (χ1v) is 11.1. The lowest BCUT2D eigenvalue weighted by molar-refractivity contribution is -0.155. The molecular formula is C24H29N5O3. The van der Waals surface area contributed by atoms with Gasteiger partial charge in [-0.2, -0.15) is 4.98 Å². The zero-order valence-electron chi connectivity index (χ0n) is 18.8. The third-order valence-corrected chi connectivity index (χ3v) is 5.95. The first-order chi connectivity index (χ1) is 15.5. The Hall–Kier alpha value is -3.42. The predicted octanol–water partition coefficient (Wildman–Crippen LogP) is 5.26. The number of nitrogens with zero attached hydrogens (tertiary/aromatic N) is 3. The lowest BCUT2D eigenvalue weighted by atomic mass is 9.75. The fourth-order valence-electron chi connectivity index (χ4n) is 4.01. The maximum Gasteiger partial charge on any atom is 0.293 e. The van der Waals surface area contributed by atoms with Crippen LogP contribution < -0.4 is 10.6 Å². The van der Waals surface area contributed by atoms with E-state index in [1.807, 2.05) is 44.2 Å². The van der Waals surface area contributed by atoms with Crippen molar-refractivity contribution in [2.45, 2.75) is 58.5 Å². The number of anilines is 3. The zero-order chi connectivity index (χ0) is 22.6. The molecule has 8 nitrogen and oxygen atoms in total. The molecule has 0 amide bonds. The number of benzene rings is 1. The van der Waals surface area contributed by atoms with Crippen molar-refractivity contribution in [1.29, 1.82) is 0 Å². The van der Waals surface area contributed by atoms with Crippen molar-refractivity contribution in [1.82, 2.24) is 15.1 Å². The van der Waals surface area contributed by atoms with Gasteiger partial charge in [0.05, 0.1) is 17.0 Å². The topological polar surface area (TPSA) is 102 Å². The standard InChI is InChI=1S/C24H29N5O3/c1-4-5-13-25-21-14-20(22-16(2)29-32-17(22)3)27-23(28-21)26-19-9-7-18(8-10-19)24(31-15-30)11-6-12-24/h7-10,14-15H,4-6,11-13H2,1-3H3,(H2,25,26,27,28). The van der Waals surface area contributed by atoms with E-state index in [4.69, 9.17) is 14.2 Å². The molecule has 1 aliphatic carbocycles. The van der Waals surface area contributed by atoms with Gasteiger partial charge in [0.15, 0.2) is 0 Å². The molecule has 1 saturated carbocycles. The van der Waals surface area contributed by atoms with Crippen LogP contribution >= 0.6 is 0 Å². The molecule has 4 rings (SSSR count). The molecule has 0 radical (unpaired) electrons. The Morgan fingerprint density at radius 2 is 1.97 bits per heavy atom. The summed E-state index contributed by atoms with van der Waals surface area (Å²) < 4.78 is 10.7. The van der Waals surface area contributed by atoms with Gasteiger partial charge in [-0.1, -0.05) is 30.6 Å². The molecule has 0 unspecified atom stereocenters. The molecule has 3 aromatic rings. The molecule has 0 atom stereocenters. The number of ether oxygens (including phenoxy) is 1. The summed E-state index contributed by atoms with van der Waals surface area (Å²) in [6.45, 7) is 7.32. The SMILES string of the molecule is CCCCNc1cc(-c2c(C)noc2C)nc(Nc2ccc(C3(OC=O)CCC3)cc2)n1. The minimum Gasteiger partial charge on any atom is -0.456 e. The van der Waals surface area contributed by atoms with Crippen molar-refractivity contribution in [3.8, 4) is 11.3 Å². The predicted molar refractivity (Wildman–Crippen MR) is 123 cm³/mol. The van der Waals surface area contributed by atoms with Crippen molar-refractivity contribution >= 4 is 23.9 Å². The second kappa shape index (κ2) is 9.38. The number of unbranched alkanes of at least 4 members (excludes halogenated alkanes) is 1. The molecular weight excluding hydrogens is 406 g/mol. The highest BCUT2D eigenvalue weighted by molar-refractivity contribution is 5.69. The maximum atomic E-state index is 10.9. The van der Waals surface area contributed by atoms with Crippen LogP contribution in [0.4, 0.5) is 17.5 Å². The van der Waals surface area contributed by atoms with Gasteiger partial charge in [0.2, 0.25) is 5.95 Å². The number of aromatic nitrogens is 3. The van der Waals surface area contributed by atoms with E-state index in [2.05, 4.69) is 27.7 Å². The van der Waals surface area contributed by atoms with Crippen molar-refractivity contribution in [3.05, 3.63) is 47.3 Å². The van der Waals surface area contributed by atoms with Crippen molar-refractivity contribution in [2.24, 2.45) is 0 Å². The van der Waals surface area contributed by atoms with Gasteiger partial charge >= 0.3 is 0 Å². The van der Waals surface area contributed by atoms with Crippen molar-refractivity contribution < 1.29 is 14.1 Å². The fourth-order valence-corrected chi connectivity index (χ4v) is 4.01. The van der Waals surface area contributed by atoms with Crippen LogP contribution in [-0.4, -0.2) is 28.1 Å². The summed E-state index contributed by atoms with van der Waals surface area (Å²) in [4.78, 5) is 20.3. The molecule has 2 aromatic heterocycles. The summed E-state index contributed by atoms with van der Waals surface area (Å²) in [6, 6.07) is 9.82. The monoisotopic (exact) mass is 435 g/mol. The molecule has 0 bridgehead atoms. The zero-order valence-corrected chi connectivity index (χ0v) is 18.8. The Morgan fingerprint density at radius 1 is 1.19 bits per heavy atom. The molecule has 0 spiro atoms. The van der Waals surface area contributed by atoms with Crippen LogP contribution in [0.3, 0.4) is 0 Å². The third kappa shape index (κ3) is 4.44. The number of nitrogens with one attached hydrogen (secondary N) is 2. The van der Waals surface area contributed by atoms with E-state index in [9.17, 15) is 4.79 Å². The highest BCUT2D eigenvalue weighted by Crippen LogP contribution is 2.44. The Labute approximate surface area is 187 Å². The summed E-state index contributed by atoms with van der Waals surface area (Å²) in [7, 11) is 0. The van der Waals surface area contributed by atoms with E-state index < -0.39 is 5.60 Å². The smallest absolute Gasteiger partial charge is 0.293 e. The minimum absolute atomic E-state index is 0.476. The van der Waals surface area contributed by atoms with Crippen LogP contribution in [0.5, 0.6) is 0 Å². The molecule has 1 fully saturated rings. The quantitative estimate of drug-likeness (QED) is 0.329. The number of hydrogen-bond acceptors (Lipinski definition) is 8. The largest absolute Gasteiger partial charge is 0.456 e. The average molecular weight is 436 g/mol. The molecule has 168 valence electrons. The van der Waals surface area contributed by atoms with Gasteiger partial charge < -0.3 is 19.9 Å². The minimum atomic E-state index is -0.476. The van der Waals surface area contributed by atoms with Gasteiger partial charge in [0.25, 0.3) is 6.47 Å². The van der Waals surface area contributed by atoms with E-state index in [0.29, 0.717) is 12.4 Å². The van der Waals surface area contributed by atoms with Crippen molar-refractivity contribution in [2.75, 3.05) is 17.2 Å². The fraction of sp³-hybridized carbons (Fsp3) is 0.417. The summed E-state index contributed by atoms with van der Waals surface area (Å²) in [5.74, 6) is 1.95. The van der Waals surface area contributed by atoms with E-state index in [1.54, 1.807) is 0 Å². The molecule has 32 heavy (non-hydrogen) atoms. The van der Waals surface area contributed by atoms with Gasteiger partial charge in [-0.25, -0.2) is 4.98 Å².